The number of alkyl halides is 3. The molecule has 1 aliphatic rings. The van der Waals surface area contributed by atoms with Crippen molar-refractivity contribution in [3.05, 3.63) is 83.4 Å². The number of aryl methyl sites for hydroxylation is 1. The van der Waals surface area contributed by atoms with E-state index in [0.29, 0.717) is 5.75 Å². The maximum absolute atomic E-state index is 12.7. The van der Waals surface area contributed by atoms with Gasteiger partial charge in [-0.1, -0.05) is 48.0 Å². The fraction of sp³-hybridized carbons (Fsp3) is 0.136. The van der Waals surface area contributed by atoms with Crippen molar-refractivity contribution in [2.45, 2.75) is 23.7 Å². The van der Waals surface area contributed by atoms with Gasteiger partial charge >= 0.3 is 6.18 Å². The molecule has 0 fully saturated rings. The monoisotopic (exact) mass is 385 g/mol. The molecule has 0 saturated heterocycles. The molecule has 0 spiro atoms. The van der Waals surface area contributed by atoms with Crippen LogP contribution in [0.2, 0.25) is 0 Å². The first kappa shape index (κ1) is 17.9. The topological polar surface area (TPSA) is 12.4 Å². The van der Waals surface area contributed by atoms with Crippen LogP contribution in [0.25, 0.3) is 11.1 Å². The summed E-state index contributed by atoms with van der Waals surface area (Å²) in [4.78, 5) is 5.69. The molecule has 5 heteroatoms. The Balaban J connectivity index is 1.58. The van der Waals surface area contributed by atoms with Crippen LogP contribution in [0.15, 0.2) is 76.6 Å². The van der Waals surface area contributed by atoms with Crippen LogP contribution in [0.5, 0.6) is 0 Å². The van der Waals surface area contributed by atoms with E-state index in [2.05, 4.69) is 48.3 Å². The quantitative estimate of drug-likeness (QED) is 0.470. The summed E-state index contributed by atoms with van der Waals surface area (Å²) in [5.74, 6) is 0.696. The van der Waals surface area contributed by atoms with Gasteiger partial charge in [-0.3, -0.25) is 4.99 Å². The maximum atomic E-state index is 12.7. The van der Waals surface area contributed by atoms with Gasteiger partial charge in [0.05, 0.1) is 11.3 Å². The fourth-order valence-corrected chi connectivity index (χ4v) is 5.08. The van der Waals surface area contributed by atoms with Gasteiger partial charge in [0, 0.05) is 16.2 Å². The highest BCUT2D eigenvalue weighted by atomic mass is 32.2. The number of fused-ring (bicyclic) bond motifs is 1. The Kier molecular flexibility index (Phi) is 4.56. The highest BCUT2D eigenvalue weighted by Crippen LogP contribution is 2.49. The van der Waals surface area contributed by atoms with Crippen LogP contribution >= 0.6 is 10.9 Å². The van der Waals surface area contributed by atoms with Crippen molar-refractivity contribution >= 4 is 22.1 Å². The van der Waals surface area contributed by atoms with Crippen LogP contribution in [0.4, 0.5) is 18.9 Å². The second-order valence-electron chi connectivity index (χ2n) is 6.64. The molecule has 0 aromatic heterocycles. The Hall–Kier alpha value is -2.53. The number of rotatable bonds is 3. The van der Waals surface area contributed by atoms with Gasteiger partial charge in [0.25, 0.3) is 0 Å². The molecule has 138 valence electrons. The Morgan fingerprint density at radius 1 is 0.852 bits per heavy atom. The average molecular weight is 385 g/mol. The van der Waals surface area contributed by atoms with Gasteiger partial charge in [0.1, 0.15) is 0 Å². The molecule has 1 nitrogen and oxygen atoms in total. The van der Waals surface area contributed by atoms with Gasteiger partial charge in [-0.05, 0) is 47.9 Å². The van der Waals surface area contributed by atoms with Crippen LogP contribution in [0.3, 0.4) is 0 Å². The van der Waals surface area contributed by atoms with Crippen molar-refractivity contribution in [1.29, 1.82) is 0 Å². The lowest BCUT2D eigenvalue weighted by Crippen LogP contribution is -2.04. The molecular weight excluding hydrogens is 367 g/mol. The lowest BCUT2D eigenvalue weighted by atomic mass is 10.0. The molecule has 27 heavy (non-hydrogen) atoms. The molecule has 1 atom stereocenters. The highest BCUT2D eigenvalue weighted by Gasteiger charge is 2.30. The van der Waals surface area contributed by atoms with Gasteiger partial charge in [0.2, 0.25) is 0 Å². The first-order valence-electron chi connectivity index (χ1n) is 8.58. The molecule has 1 heterocycles. The SMILES string of the molecule is Cc1ccc(-c2ccc3c(c2)[SH](Cc2ccc(C(F)(F)F)cc2)C=N3)cc1. The minimum Gasteiger partial charge on any atom is -0.250 e. The second-order valence-corrected chi connectivity index (χ2v) is 8.61. The van der Waals surface area contributed by atoms with Crippen molar-refractivity contribution < 1.29 is 13.2 Å². The number of hydrogen-bond donors (Lipinski definition) is 1. The Labute approximate surface area is 158 Å². The number of hydrogen-bond acceptors (Lipinski definition) is 1. The summed E-state index contributed by atoms with van der Waals surface area (Å²) in [5.41, 5.74) is 6.71. The first-order valence-corrected chi connectivity index (χ1v) is 10.2. The zero-order valence-corrected chi connectivity index (χ0v) is 15.6. The van der Waals surface area contributed by atoms with Crippen LogP contribution < -0.4 is 0 Å². The van der Waals surface area contributed by atoms with Crippen molar-refractivity contribution in [3.63, 3.8) is 0 Å². The summed E-state index contributed by atoms with van der Waals surface area (Å²) in [6.07, 6.45) is -4.30. The third-order valence-corrected chi connectivity index (χ3v) is 6.72. The standard InChI is InChI=1S/C22H18F3NS/c1-15-2-6-17(7-3-15)18-8-11-20-21(12-18)27(14-26-20)13-16-4-9-19(10-5-16)22(23,24)25/h2-12,14,27H,13H2,1H3. The third-order valence-electron chi connectivity index (χ3n) is 4.64. The van der Waals surface area contributed by atoms with Crippen molar-refractivity contribution in [3.8, 4) is 11.1 Å². The molecule has 1 aliphatic heterocycles. The minimum absolute atomic E-state index is 0.610. The van der Waals surface area contributed by atoms with Gasteiger partial charge in [0.15, 0.2) is 0 Å². The average Bonchev–Trinajstić information content (AvgIpc) is 3.04. The Morgan fingerprint density at radius 3 is 2.19 bits per heavy atom. The van der Waals surface area contributed by atoms with Crippen LogP contribution in [-0.2, 0) is 11.9 Å². The lowest BCUT2D eigenvalue weighted by molar-refractivity contribution is -0.137. The van der Waals surface area contributed by atoms with Crippen LogP contribution in [0.1, 0.15) is 16.7 Å². The number of benzene rings is 3. The molecule has 0 bridgehead atoms. The summed E-state index contributed by atoms with van der Waals surface area (Å²) >= 11 is 0. The normalized spacial score (nSPS) is 17.1. The molecule has 0 saturated carbocycles. The minimum atomic E-state index is -4.30. The second kappa shape index (κ2) is 6.89. The summed E-state index contributed by atoms with van der Waals surface area (Å²) in [7, 11) is -0.661. The highest BCUT2D eigenvalue weighted by molar-refractivity contribution is 8.28. The molecule has 3 aromatic rings. The predicted molar refractivity (Wildman–Crippen MR) is 107 cm³/mol. The number of halogens is 3. The Morgan fingerprint density at radius 2 is 1.52 bits per heavy atom. The molecule has 4 rings (SSSR count). The van der Waals surface area contributed by atoms with Crippen molar-refractivity contribution in [1.82, 2.24) is 0 Å². The molecule has 0 amide bonds. The molecule has 3 aromatic carbocycles. The van der Waals surface area contributed by atoms with E-state index in [-0.39, 0.29) is 0 Å². The van der Waals surface area contributed by atoms with E-state index in [1.54, 1.807) is 12.1 Å². The fourth-order valence-electron chi connectivity index (χ4n) is 3.10. The lowest BCUT2D eigenvalue weighted by Gasteiger charge is -2.16. The van der Waals surface area contributed by atoms with E-state index in [0.717, 1.165) is 34.5 Å². The predicted octanol–water partition coefficient (Wildman–Crippen LogP) is 6.91. The van der Waals surface area contributed by atoms with Gasteiger partial charge in [-0.2, -0.15) is 24.1 Å². The van der Waals surface area contributed by atoms with E-state index >= 15 is 0 Å². The smallest absolute Gasteiger partial charge is 0.250 e. The van der Waals surface area contributed by atoms with E-state index < -0.39 is 22.6 Å². The van der Waals surface area contributed by atoms with Gasteiger partial charge < -0.3 is 0 Å². The molecule has 1 unspecified atom stereocenters. The van der Waals surface area contributed by atoms with E-state index in [1.165, 1.54) is 10.5 Å². The van der Waals surface area contributed by atoms with Crippen LogP contribution in [0, 0.1) is 6.92 Å². The van der Waals surface area contributed by atoms with E-state index in [4.69, 9.17) is 0 Å². The number of aliphatic imine (C=N–C) groups is 1. The molecular formula is C22H18F3NS. The number of nitrogens with zero attached hydrogens (tertiary/aromatic N) is 1. The Bertz CT molecular complexity index is 990. The van der Waals surface area contributed by atoms with E-state index in [1.807, 2.05) is 11.6 Å². The summed E-state index contributed by atoms with van der Waals surface area (Å²) < 4.78 is 38.2. The van der Waals surface area contributed by atoms with Gasteiger partial charge in [-0.15, -0.1) is 0 Å². The third kappa shape index (κ3) is 3.78. The zero-order valence-electron chi connectivity index (χ0n) is 14.7. The summed E-state index contributed by atoms with van der Waals surface area (Å²) in [5, 5.41) is 0. The summed E-state index contributed by atoms with van der Waals surface area (Å²) in [6, 6.07) is 20.1. The molecule has 0 N–H and O–H groups in total. The van der Waals surface area contributed by atoms with E-state index in [9.17, 15) is 13.2 Å². The molecule has 0 radical (unpaired) electrons. The zero-order chi connectivity index (χ0) is 19.0. The van der Waals surface area contributed by atoms with Crippen molar-refractivity contribution in [2.75, 3.05) is 0 Å². The largest absolute Gasteiger partial charge is 0.416 e. The maximum Gasteiger partial charge on any atom is 0.416 e. The van der Waals surface area contributed by atoms with Crippen molar-refractivity contribution in [2.24, 2.45) is 4.99 Å². The van der Waals surface area contributed by atoms with Crippen LogP contribution in [-0.4, -0.2) is 5.55 Å². The first-order chi connectivity index (χ1) is 12.9. The summed E-state index contributed by atoms with van der Waals surface area (Å²) in [6.45, 7) is 2.06. The molecule has 0 aliphatic carbocycles. The number of thiol groups is 1. The van der Waals surface area contributed by atoms with Gasteiger partial charge in [-0.25, -0.2) is 0 Å².